The highest BCUT2D eigenvalue weighted by Gasteiger charge is 2.29. The van der Waals surface area contributed by atoms with E-state index in [1.54, 1.807) is 6.07 Å². The van der Waals surface area contributed by atoms with E-state index in [2.05, 4.69) is 21.2 Å². The molecule has 1 aromatic rings. The summed E-state index contributed by atoms with van der Waals surface area (Å²) in [6.45, 7) is 4.42. The van der Waals surface area contributed by atoms with Crippen LogP contribution in [0.3, 0.4) is 0 Å². The summed E-state index contributed by atoms with van der Waals surface area (Å²) >= 11 is 9.48. The molecular formula is C12H14BrClN2O. The summed E-state index contributed by atoms with van der Waals surface area (Å²) in [5, 5.41) is 3.66. The third-order valence-electron chi connectivity index (χ3n) is 2.98. The molecular weight excluding hydrogens is 304 g/mol. The number of hydrogen-bond acceptors (Lipinski definition) is 2. The lowest BCUT2D eigenvalue weighted by atomic mass is 10.1. The molecule has 1 saturated heterocycles. The van der Waals surface area contributed by atoms with Crippen LogP contribution in [0, 0.1) is 0 Å². The summed E-state index contributed by atoms with van der Waals surface area (Å²) in [7, 11) is 0. The van der Waals surface area contributed by atoms with Crippen LogP contribution >= 0.6 is 27.5 Å². The zero-order valence-corrected chi connectivity index (χ0v) is 11.9. The van der Waals surface area contributed by atoms with Crippen molar-refractivity contribution in [3.63, 3.8) is 0 Å². The van der Waals surface area contributed by atoms with Gasteiger partial charge in [0.1, 0.15) is 0 Å². The van der Waals surface area contributed by atoms with Crippen molar-refractivity contribution in [1.29, 1.82) is 0 Å². The highest BCUT2D eigenvalue weighted by Crippen LogP contribution is 2.27. The monoisotopic (exact) mass is 316 g/mol. The number of nitrogens with one attached hydrogen (secondary N) is 1. The van der Waals surface area contributed by atoms with Gasteiger partial charge in [0, 0.05) is 24.1 Å². The Morgan fingerprint density at radius 1 is 1.59 bits per heavy atom. The van der Waals surface area contributed by atoms with Gasteiger partial charge in [-0.15, -0.1) is 0 Å². The lowest BCUT2D eigenvalue weighted by Gasteiger charge is -2.37. The SMILES string of the molecule is CCN(C(=O)c1cccc(Br)c1Cl)C1CNC1. The van der Waals surface area contributed by atoms with Crippen LogP contribution in [-0.2, 0) is 0 Å². The first-order chi connectivity index (χ1) is 8.15. The number of rotatable bonds is 3. The van der Waals surface area contributed by atoms with E-state index in [1.165, 1.54) is 0 Å². The van der Waals surface area contributed by atoms with E-state index in [0.29, 0.717) is 23.2 Å². The lowest BCUT2D eigenvalue weighted by Crippen LogP contribution is -2.58. The number of carbonyl (C=O) groups is 1. The molecule has 1 aliphatic rings. The molecule has 92 valence electrons. The average molecular weight is 318 g/mol. The summed E-state index contributed by atoms with van der Waals surface area (Å²) in [5.41, 5.74) is 0.565. The fourth-order valence-electron chi connectivity index (χ4n) is 1.89. The van der Waals surface area contributed by atoms with Crippen LogP contribution in [-0.4, -0.2) is 36.5 Å². The van der Waals surface area contributed by atoms with Crippen molar-refractivity contribution in [3.05, 3.63) is 33.3 Å². The quantitative estimate of drug-likeness (QED) is 0.929. The number of carbonyl (C=O) groups excluding carboxylic acids is 1. The molecule has 5 heteroatoms. The maximum Gasteiger partial charge on any atom is 0.255 e. The smallest absolute Gasteiger partial charge is 0.255 e. The number of amides is 1. The Bertz CT molecular complexity index is 435. The van der Waals surface area contributed by atoms with Crippen LogP contribution < -0.4 is 5.32 Å². The topological polar surface area (TPSA) is 32.3 Å². The zero-order valence-electron chi connectivity index (χ0n) is 9.54. The van der Waals surface area contributed by atoms with Gasteiger partial charge in [0.15, 0.2) is 0 Å². The Kier molecular flexibility index (Phi) is 4.07. The van der Waals surface area contributed by atoms with Crippen LogP contribution in [0.2, 0.25) is 5.02 Å². The first kappa shape index (κ1) is 12.9. The Morgan fingerprint density at radius 2 is 2.29 bits per heavy atom. The summed E-state index contributed by atoms with van der Waals surface area (Å²) < 4.78 is 0.757. The van der Waals surface area contributed by atoms with E-state index in [-0.39, 0.29) is 5.91 Å². The van der Waals surface area contributed by atoms with Gasteiger partial charge in [0.25, 0.3) is 5.91 Å². The molecule has 1 aliphatic heterocycles. The fraction of sp³-hybridized carbons (Fsp3) is 0.417. The largest absolute Gasteiger partial charge is 0.333 e. The van der Waals surface area contributed by atoms with Gasteiger partial charge < -0.3 is 10.2 Å². The Morgan fingerprint density at radius 3 is 2.82 bits per heavy atom. The minimum absolute atomic E-state index is 0.00491. The molecule has 0 spiro atoms. The van der Waals surface area contributed by atoms with Gasteiger partial charge in [-0.3, -0.25) is 4.79 Å². The van der Waals surface area contributed by atoms with Gasteiger partial charge in [0.2, 0.25) is 0 Å². The number of likely N-dealkylation sites (N-methyl/N-ethyl adjacent to an activating group) is 1. The highest BCUT2D eigenvalue weighted by molar-refractivity contribution is 9.10. The first-order valence-corrected chi connectivity index (χ1v) is 6.78. The van der Waals surface area contributed by atoms with Crippen LogP contribution in [0.15, 0.2) is 22.7 Å². The number of nitrogens with zero attached hydrogens (tertiary/aromatic N) is 1. The minimum atomic E-state index is 0.00491. The molecule has 0 aromatic heterocycles. The van der Waals surface area contributed by atoms with Crippen LogP contribution in [0.5, 0.6) is 0 Å². The highest BCUT2D eigenvalue weighted by atomic mass is 79.9. The standard InChI is InChI=1S/C12H14BrClN2O/c1-2-16(8-6-15-7-8)12(17)9-4-3-5-10(13)11(9)14/h3-5,8,15H,2,6-7H2,1H3. The number of benzene rings is 1. The molecule has 2 rings (SSSR count). The molecule has 17 heavy (non-hydrogen) atoms. The number of hydrogen-bond donors (Lipinski definition) is 1. The first-order valence-electron chi connectivity index (χ1n) is 5.60. The zero-order chi connectivity index (χ0) is 12.4. The van der Waals surface area contributed by atoms with Gasteiger partial charge in [-0.05, 0) is 35.0 Å². The maximum absolute atomic E-state index is 12.4. The maximum atomic E-state index is 12.4. The molecule has 0 atom stereocenters. The van der Waals surface area contributed by atoms with Gasteiger partial charge in [0.05, 0.1) is 16.6 Å². The van der Waals surface area contributed by atoms with E-state index >= 15 is 0 Å². The van der Waals surface area contributed by atoms with Gasteiger partial charge in [-0.1, -0.05) is 17.7 Å². The summed E-state index contributed by atoms with van der Waals surface area (Å²) in [6.07, 6.45) is 0. The minimum Gasteiger partial charge on any atom is -0.333 e. The predicted molar refractivity (Wildman–Crippen MR) is 72.5 cm³/mol. The van der Waals surface area contributed by atoms with E-state index in [4.69, 9.17) is 11.6 Å². The van der Waals surface area contributed by atoms with Crippen molar-refractivity contribution in [2.24, 2.45) is 0 Å². The molecule has 1 fully saturated rings. The van der Waals surface area contributed by atoms with Crippen molar-refractivity contribution in [3.8, 4) is 0 Å². The van der Waals surface area contributed by atoms with Gasteiger partial charge >= 0.3 is 0 Å². The third-order valence-corrected chi connectivity index (χ3v) is 4.28. The second-order valence-electron chi connectivity index (χ2n) is 4.00. The lowest BCUT2D eigenvalue weighted by molar-refractivity contribution is 0.0630. The summed E-state index contributed by atoms with van der Waals surface area (Å²) in [5.74, 6) is 0.00491. The molecule has 0 unspecified atom stereocenters. The van der Waals surface area contributed by atoms with E-state index in [1.807, 2.05) is 24.0 Å². The Balaban J connectivity index is 2.25. The molecule has 0 radical (unpaired) electrons. The average Bonchev–Trinajstić information content (AvgIpc) is 2.26. The summed E-state index contributed by atoms with van der Waals surface area (Å²) in [6, 6.07) is 5.73. The normalized spacial score (nSPS) is 15.5. The van der Waals surface area contributed by atoms with Crippen molar-refractivity contribution >= 4 is 33.4 Å². The van der Waals surface area contributed by atoms with Gasteiger partial charge in [-0.25, -0.2) is 0 Å². The van der Waals surface area contributed by atoms with Crippen LogP contribution in [0.25, 0.3) is 0 Å². The molecule has 1 aromatic carbocycles. The second-order valence-corrected chi connectivity index (χ2v) is 5.24. The van der Waals surface area contributed by atoms with E-state index in [0.717, 1.165) is 17.6 Å². The Labute approximate surface area is 114 Å². The van der Waals surface area contributed by atoms with Crippen molar-refractivity contribution in [2.45, 2.75) is 13.0 Å². The molecule has 0 aliphatic carbocycles. The van der Waals surface area contributed by atoms with Crippen molar-refractivity contribution in [1.82, 2.24) is 10.2 Å². The van der Waals surface area contributed by atoms with Crippen LogP contribution in [0.1, 0.15) is 17.3 Å². The summed E-state index contributed by atoms with van der Waals surface area (Å²) in [4.78, 5) is 14.2. The van der Waals surface area contributed by atoms with E-state index < -0.39 is 0 Å². The molecule has 0 bridgehead atoms. The Hall–Kier alpha value is -0.580. The van der Waals surface area contributed by atoms with E-state index in [9.17, 15) is 4.79 Å². The van der Waals surface area contributed by atoms with Gasteiger partial charge in [-0.2, -0.15) is 0 Å². The predicted octanol–water partition coefficient (Wildman–Crippen LogP) is 2.54. The van der Waals surface area contributed by atoms with Crippen molar-refractivity contribution < 1.29 is 4.79 Å². The molecule has 0 saturated carbocycles. The van der Waals surface area contributed by atoms with Crippen molar-refractivity contribution in [2.75, 3.05) is 19.6 Å². The second kappa shape index (κ2) is 5.38. The molecule has 1 N–H and O–H groups in total. The third kappa shape index (κ3) is 2.49. The molecule has 1 heterocycles. The molecule has 3 nitrogen and oxygen atoms in total. The fourth-order valence-corrected chi connectivity index (χ4v) is 2.46. The molecule has 1 amide bonds. The number of halogens is 2. The van der Waals surface area contributed by atoms with Crippen LogP contribution in [0.4, 0.5) is 0 Å².